The lowest BCUT2D eigenvalue weighted by Gasteiger charge is -2.36. The van der Waals surface area contributed by atoms with Crippen LogP contribution in [0.4, 0.5) is 5.82 Å². The fraction of sp³-hybridized carbons (Fsp3) is 0.333. The van der Waals surface area contributed by atoms with E-state index in [9.17, 15) is 9.90 Å². The molecule has 0 spiro atoms. The van der Waals surface area contributed by atoms with Crippen molar-refractivity contribution in [3.8, 4) is 0 Å². The summed E-state index contributed by atoms with van der Waals surface area (Å²) in [5, 5.41) is 21.2. The molecule has 0 bridgehead atoms. The summed E-state index contributed by atoms with van der Waals surface area (Å²) in [5.41, 5.74) is -1.60. The second-order valence-corrected chi connectivity index (χ2v) is 5.18. The van der Waals surface area contributed by atoms with Crippen LogP contribution in [0.5, 0.6) is 0 Å². The summed E-state index contributed by atoms with van der Waals surface area (Å²) in [6.07, 6.45) is 2.19. The van der Waals surface area contributed by atoms with Gasteiger partial charge in [0.25, 0.3) is 0 Å². The highest BCUT2D eigenvalue weighted by Gasteiger charge is 2.39. The van der Waals surface area contributed by atoms with E-state index in [4.69, 9.17) is 5.11 Å². The number of anilines is 1. The third-order valence-electron chi connectivity index (χ3n) is 3.94. The average Bonchev–Trinajstić information content (AvgIpc) is 2.47. The fourth-order valence-corrected chi connectivity index (χ4v) is 2.66. The first-order chi connectivity index (χ1) is 9.60. The zero-order chi connectivity index (χ0) is 14.2. The summed E-state index contributed by atoms with van der Waals surface area (Å²) in [7, 11) is 0. The molecule has 0 saturated carbocycles. The number of nitrogens with zero attached hydrogens (tertiary/aromatic N) is 2. The molecule has 1 saturated heterocycles. The van der Waals surface area contributed by atoms with Crippen LogP contribution in [0.3, 0.4) is 0 Å². The second kappa shape index (κ2) is 4.76. The molecule has 3 rings (SSSR count). The maximum absolute atomic E-state index is 11.0. The van der Waals surface area contributed by atoms with Crippen molar-refractivity contribution in [1.82, 2.24) is 4.98 Å². The summed E-state index contributed by atoms with van der Waals surface area (Å²) < 4.78 is 0. The molecule has 0 atom stereocenters. The third kappa shape index (κ3) is 2.10. The molecule has 5 heteroatoms. The summed E-state index contributed by atoms with van der Waals surface area (Å²) in [6.45, 7) is 0.980. The summed E-state index contributed by atoms with van der Waals surface area (Å²) in [6, 6.07) is 9.93. The third-order valence-corrected chi connectivity index (χ3v) is 3.94. The van der Waals surface area contributed by atoms with Crippen LogP contribution < -0.4 is 4.90 Å². The van der Waals surface area contributed by atoms with Crippen molar-refractivity contribution < 1.29 is 15.0 Å². The zero-order valence-electron chi connectivity index (χ0n) is 11.0. The molecule has 5 nitrogen and oxygen atoms in total. The molecule has 1 aromatic carbocycles. The molecule has 20 heavy (non-hydrogen) atoms. The van der Waals surface area contributed by atoms with Gasteiger partial charge in [-0.25, -0.2) is 9.78 Å². The Morgan fingerprint density at radius 3 is 2.60 bits per heavy atom. The Kier molecular flexibility index (Phi) is 3.06. The van der Waals surface area contributed by atoms with Gasteiger partial charge < -0.3 is 15.1 Å². The van der Waals surface area contributed by atoms with Crippen LogP contribution in [0.2, 0.25) is 0 Å². The maximum Gasteiger partial charge on any atom is 0.335 e. The Labute approximate surface area is 116 Å². The van der Waals surface area contributed by atoms with E-state index in [1.165, 1.54) is 0 Å². The monoisotopic (exact) mass is 272 g/mol. The van der Waals surface area contributed by atoms with Gasteiger partial charge in [0.1, 0.15) is 5.82 Å². The molecule has 1 aliphatic heterocycles. The van der Waals surface area contributed by atoms with Gasteiger partial charge in [0.05, 0.1) is 0 Å². The number of aromatic nitrogens is 1. The van der Waals surface area contributed by atoms with Gasteiger partial charge in [-0.1, -0.05) is 24.3 Å². The first kappa shape index (κ1) is 12.9. The Hall–Kier alpha value is -2.14. The maximum atomic E-state index is 11.0. The molecule has 1 aromatic heterocycles. The number of rotatable bonds is 2. The van der Waals surface area contributed by atoms with Gasteiger partial charge in [0.15, 0.2) is 5.60 Å². The molecule has 0 amide bonds. The lowest BCUT2D eigenvalue weighted by molar-refractivity contribution is -0.160. The van der Waals surface area contributed by atoms with Crippen molar-refractivity contribution in [2.24, 2.45) is 0 Å². The topological polar surface area (TPSA) is 73.7 Å². The first-order valence-electron chi connectivity index (χ1n) is 6.65. The van der Waals surface area contributed by atoms with Crippen molar-refractivity contribution in [1.29, 1.82) is 0 Å². The number of pyridine rings is 1. The molecule has 0 radical (unpaired) electrons. The highest BCUT2D eigenvalue weighted by molar-refractivity contribution is 5.92. The molecule has 0 aliphatic carbocycles. The lowest BCUT2D eigenvalue weighted by Crippen LogP contribution is -2.49. The summed E-state index contributed by atoms with van der Waals surface area (Å²) in [5.74, 6) is -0.279. The smallest absolute Gasteiger partial charge is 0.335 e. The molecule has 1 fully saturated rings. The minimum atomic E-state index is -1.60. The Morgan fingerprint density at radius 2 is 1.90 bits per heavy atom. The van der Waals surface area contributed by atoms with Crippen LogP contribution >= 0.6 is 0 Å². The standard InChI is InChI=1S/C15H16N2O3/c18-14(19)15(20)6-9-17(10-7-15)13-12-4-2-1-3-11(12)5-8-16-13/h1-5,8,20H,6-7,9-10H2,(H,18,19). The summed E-state index contributed by atoms with van der Waals surface area (Å²) in [4.78, 5) is 17.5. The number of aliphatic carboxylic acids is 1. The number of benzene rings is 1. The van der Waals surface area contributed by atoms with Crippen LogP contribution in [-0.4, -0.2) is 39.9 Å². The minimum absolute atomic E-state index is 0.216. The van der Waals surface area contributed by atoms with Gasteiger partial charge in [0, 0.05) is 37.5 Å². The van der Waals surface area contributed by atoms with Crippen molar-refractivity contribution >= 4 is 22.6 Å². The average molecular weight is 272 g/mol. The van der Waals surface area contributed by atoms with Gasteiger partial charge in [-0.3, -0.25) is 0 Å². The molecule has 1 aliphatic rings. The predicted octanol–water partition coefficient (Wildman–Crippen LogP) is 1.65. The van der Waals surface area contributed by atoms with Gasteiger partial charge in [0.2, 0.25) is 0 Å². The van der Waals surface area contributed by atoms with Gasteiger partial charge in [-0.05, 0) is 11.5 Å². The van der Waals surface area contributed by atoms with Gasteiger partial charge in [-0.2, -0.15) is 0 Å². The molecule has 2 N–H and O–H groups in total. The van der Waals surface area contributed by atoms with E-state index in [0.29, 0.717) is 13.1 Å². The summed E-state index contributed by atoms with van der Waals surface area (Å²) >= 11 is 0. The Balaban J connectivity index is 1.89. The van der Waals surface area contributed by atoms with Crippen LogP contribution in [0.1, 0.15) is 12.8 Å². The highest BCUT2D eigenvalue weighted by Crippen LogP contribution is 2.29. The number of aliphatic hydroxyl groups is 1. The zero-order valence-corrected chi connectivity index (χ0v) is 11.0. The van der Waals surface area contributed by atoms with E-state index < -0.39 is 11.6 Å². The fourth-order valence-electron chi connectivity index (χ4n) is 2.66. The van der Waals surface area contributed by atoms with E-state index in [-0.39, 0.29) is 12.8 Å². The van der Waals surface area contributed by atoms with Crippen molar-refractivity contribution in [2.75, 3.05) is 18.0 Å². The van der Waals surface area contributed by atoms with E-state index in [1.807, 2.05) is 35.2 Å². The van der Waals surface area contributed by atoms with E-state index in [2.05, 4.69) is 4.98 Å². The highest BCUT2D eigenvalue weighted by atomic mass is 16.4. The quantitative estimate of drug-likeness (QED) is 0.869. The molecular formula is C15H16N2O3. The normalized spacial score (nSPS) is 18.1. The number of hydrogen-bond donors (Lipinski definition) is 2. The molecule has 2 heterocycles. The number of fused-ring (bicyclic) bond motifs is 1. The first-order valence-corrected chi connectivity index (χ1v) is 6.65. The van der Waals surface area contributed by atoms with E-state index in [0.717, 1.165) is 16.6 Å². The second-order valence-electron chi connectivity index (χ2n) is 5.18. The Bertz CT molecular complexity index is 643. The number of carboxylic acids is 1. The Morgan fingerprint density at radius 1 is 1.20 bits per heavy atom. The van der Waals surface area contributed by atoms with Crippen molar-refractivity contribution in [3.63, 3.8) is 0 Å². The number of carboxylic acid groups (broad SMARTS) is 1. The minimum Gasteiger partial charge on any atom is -0.479 e. The van der Waals surface area contributed by atoms with Crippen LogP contribution in [0, 0.1) is 0 Å². The molecule has 2 aromatic rings. The SMILES string of the molecule is O=C(O)C1(O)CCN(c2nccc3ccccc23)CC1. The molecular weight excluding hydrogens is 256 g/mol. The van der Waals surface area contributed by atoms with Gasteiger partial charge >= 0.3 is 5.97 Å². The number of piperidine rings is 1. The van der Waals surface area contributed by atoms with Crippen molar-refractivity contribution in [3.05, 3.63) is 36.5 Å². The molecule has 0 unspecified atom stereocenters. The van der Waals surface area contributed by atoms with Crippen LogP contribution in [0.25, 0.3) is 10.8 Å². The number of hydrogen-bond acceptors (Lipinski definition) is 4. The van der Waals surface area contributed by atoms with E-state index >= 15 is 0 Å². The number of carbonyl (C=O) groups is 1. The molecule has 104 valence electrons. The van der Waals surface area contributed by atoms with Crippen molar-refractivity contribution in [2.45, 2.75) is 18.4 Å². The van der Waals surface area contributed by atoms with Crippen LogP contribution in [0.15, 0.2) is 36.5 Å². The van der Waals surface area contributed by atoms with Crippen LogP contribution in [-0.2, 0) is 4.79 Å². The predicted molar refractivity (Wildman–Crippen MR) is 75.8 cm³/mol. The lowest BCUT2D eigenvalue weighted by atomic mass is 9.91. The van der Waals surface area contributed by atoms with E-state index in [1.54, 1.807) is 6.20 Å². The van der Waals surface area contributed by atoms with Gasteiger partial charge in [-0.15, -0.1) is 0 Å². The largest absolute Gasteiger partial charge is 0.479 e.